The summed E-state index contributed by atoms with van der Waals surface area (Å²) >= 11 is 7.75. The molecule has 0 spiro atoms. The Kier molecular flexibility index (Phi) is 9.14. The third kappa shape index (κ3) is 6.95. The highest BCUT2D eigenvalue weighted by Crippen LogP contribution is 2.20. The van der Waals surface area contributed by atoms with Crippen LogP contribution >= 0.6 is 28.6 Å². The van der Waals surface area contributed by atoms with Crippen LogP contribution in [0.5, 0.6) is 0 Å². The Hall–Kier alpha value is -2.58. The molecule has 3 rings (SSSR count). The highest BCUT2D eigenvalue weighted by atomic mass is 79.9. The van der Waals surface area contributed by atoms with Gasteiger partial charge in [-0.1, -0.05) is 49.7 Å². The lowest BCUT2D eigenvalue weighted by molar-refractivity contribution is 0.0695. The van der Waals surface area contributed by atoms with Crippen molar-refractivity contribution in [1.29, 1.82) is 0 Å². The van der Waals surface area contributed by atoms with Gasteiger partial charge in [0.1, 0.15) is 11.5 Å². The Morgan fingerprint density at radius 1 is 1.18 bits per heavy atom. The summed E-state index contributed by atoms with van der Waals surface area (Å²) in [6.07, 6.45) is 5.22. The lowest BCUT2D eigenvalue weighted by Gasteiger charge is -2.16. The number of nitrogens with one attached hydrogen (secondary N) is 1. The predicted octanol–water partition coefficient (Wildman–Crippen LogP) is 5.01. The first-order valence-corrected chi connectivity index (χ1v) is 12.4. The van der Waals surface area contributed by atoms with Crippen molar-refractivity contribution in [2.24, 2.45) is 0 Å². The Morgan fingerprint density at radius 3 is 2.58 bits per heavy atom. The molecular weight excluding hydrogens is 502 g/mol. The number of carbonyl (C=O) groups excluding carboxylic acids is 1. The first-order valence-electron chi connectivity index (χ1n) is 10.9. The number of nitrogens with zero attached hydrogens (tertiary/aromatic N) is 2. The summed E-state index contributed by atoms with van der Waals surface area (Å²) in [5.41, 5.74) is 2.65. The molecule has 2 aromatic carbocycles. The number of carboxylic acid groups (broad SMARTS) is 1. The maximum atomic E-state index is 13.0. The zero-order chi connectivity index (χ0) is 23.8. The molecule has 3 aromatic rings. The van der Waals surface area contributed by atoms with E-state index in [0.29, 0.717) is 28.9 Å². The smallest absolute Gasteiger partial charge is 0.336 e. The number of hydrogen-bond acceptors (Lipinski definition) is 4. The second-order valence-corrected chi connectivity index (χ2v) is 9.16. The largest absolute Gasteiger partial charge is 0.478 e. The van der Waals surface area contributed by atoms with Gasteiger partial charge in [-0.25, -0.2) is 9.78 Å². The predicted molar refractivity (Wildman–Crippen MR) is 136 cm³/mol. The van der Waals surface area contributed by atoms with Gasteiger partial charge in [-0.3, -0.25) is 4.79 Å². The minimum absolute atomic E-state index is 0.105. The molecule has 33 heavy (non-hydrogen) atoms. The zero-order valence-electron chi connectivity index (χ0n) is 18.5. The Morgan fingerprint density at radius 2 is 1.94 bits per heavy atom. The van der Waals surface area contributed by atoms with E-state index in [9.17, 15) is 14.7 Å². The van der Waals surface area contributed by atoms with Gasteiger partial charge in [-0.05, 0) is 52.0 Å². The van der Waals surface area contributed by atoms with Crippen LogP contribution in [0, 0.1) is 0 Å². The van der Waals surface area contributed by atoms with E-state index in [1.54, 1.807) is 24.4 Å². The molecule has 0 fully saturated rings. The van der Waals surface area contributed by atoms with Crippen molar-refractivity contribution in [2.45, 2.75) is 45.2 Å². The summed E-state index contributed by atoms with van der Waals surface area (Å²) in [5, 5.41) is 12.3. The van der Waals surface area contributed by atoms with E-state index in [1.165, 1.54) is 0 Å². The number of carbonyl (C=O) groups is 2. The molecule has 6 nitrogen and oxygen atoms in total. The molecular formula is C25H28BrN3O3S. The third-order valence-electron chi connectivity index (χ3n) is 5.34. The van der Waals surface area contributed by atoms with Crippen LogP contribution in [0.15, 0.2) is 59.2 Å². The average Bonchev–Trinajstić information content (AvgIpc) is 3.20. The van der Waals surface area contributed by atoms with Crippen molar-refractivity contribution in [3.63, 3.8) is 0 Å². The molecule has 0 aliphatic carbocycles. The maximum absolute atomic E-state index is 13.0. The number of thiol groups is 1. The van der Waals surface area contributed by atoms with Crippen LogP contribution in [-0.4, -0.2) is 38.3 Å². The Labute approximate surface area is 208 Å². The molecule has 174 valence electrons. The van der Waals surface area contributed by atoms with Crippen LogP contribution in [0.2, 0.25) is 0 Å². The Balaban J connectivity index is 1.78. The van der Waals surface area contributed by atoms with Gasteiger partial charge in [0.15, 0.2) is 0 Å². The molecule has 1 heterocycles. The van der Waals surface area contributed by atoms with Crippen LogP contribution in [0.4, 0.5) is 0 Å². The molecule has 2 N–H and O–H groups in total. The number of rotatable bonds is 11. The molecule has 0 saturated heterocycles. The van der Waals surface area contributed by atoms with E-state index in [4.69, 9.17) is 0 Å². The second-order valence-electron chi connectivity index (χ2n) is 7.94. The zero-order valence-corrected chi connectivity index (χ0v) is 21.0. The standard InChI is InChI=1S/C25H28BrN3O3S/c1-2-3-9-23-28-22(24(30)27-19(16-33)12-17-7-5-4-6-8-17)15-29(23)14-18-10-11-20(25(31)32)21(26)13-18/h4-8,10-11,13,15,19,33H,2-3,9,12,14,16H2,1H3,(H,27,30)(H,31,32). The van der Waals surface area contributed by atoms with Gasteiger partial charge in [0, 0.05) is 35.4 Å². The van der Waals surface area contributed by atoms with Crippen molar-refractivity contribution < 1.29 is 14.7 Å². The fourth-order valence-corrected chi connectivity index (χ4v) is 4.40. The topological polar surface area (TPSA) is 84.2 Å². The summed E-state index contributed by atoms with van der Waals surface area (Å²) in [6.45, 7) is 2.61. The number of hydrogen-bond donors (Lipinski definition) is 3. The van der Waals surface area contributed by atoms with Crippen molar-refractivity contribution in [3.05, 3.63) is 87.4 Å². The van der Waals surface area contributed by atoms with Crippen LogP contribution in [0.25, 0.3) is 0 Å². The summed E-state index contributed by atoms with van der Waals surface area (Å²) in [7, 11) is 0. The van der Waals surface area contributed by atoms with Gasteiger partial charge in [-0.15, -0.1) is 0 Å². The quantitative estimate of drug-likeness (QED) is 0.305. The van der Waals surface area contributed by atoms with Crippen LogP contribution in [0.3, 0.4) is 0 Å². The minimum atomic E-state index is -0.979. The number of aromatic nitrogens is 2. The van der Waals surface area contributed by atoms with Gasteiger partial charge >= 0.3 is 5.97 Å². The molecule has 0 saturated carbocycles. The number of imidazole rings is 1. The Bertz CT molecular complexity index is 1100. The van der Waals surface area contributed by atoms with Crippen molar-refractivity contribution in [3.8, 4) is 0 Å². The van der Waals surface area contributed by atoms with Gasteiger partial charge in [0.25, 0.3) is 5.91 Å². The van der Waals surface area contributed by atoms with Crippen LogP contribution in [-0.2, 0) is 19.4 Å². The van der Waals surface area contributed by atoms with E-state index in [0.717, 1.165) is 36.2 Å². The number of unbranched alkanes of at least 4 members (excludes halogenated alkanes) is 1. The second kappa shape index (κ2) is 12.0. The van der Waals surface area contributed by atoms with Gasteiger partial charge < -0.3 is 15.0 Å². The fourth-order valence-electron chi connectivity index (χ4n) is 3.58. The van der Waals surface area contributed by atoms with E-state index >= 15 is 0 Å². The monoisotopic (exact) mass is 529 g/mol. The van der Waals surface area contributed by atoms with Crippen molar-refractivity contribution in [1.82, 2.24) is 14.9 Å². The van der Waals surface area contributed by atoms with Gasteiger partial charge in [0.2, 0.25) is 0 Å². The first kappa shape index (κ1) is 25.1. The summed E-state index contributed by atoms with van der Waals surface area (Å²) in [6, 6.07) is 15.1. The van der Waals surface area contributed by atoms with Crippen LogP contribution < -0.4 is 5.32 Å². The van der Waals surface area contributed by atoms with E-state index in [1.807, 2.05) is 34.9 Å². The van der Waals surface area contributed by atoms with E-state index in [2.05, 4.69) is 45.8 Å². The van der Waals surface area contributed by atoms with Gasteiger partial charge in [0.05, 0.1) is 5.56 Å². The molecule has 1 unspecified atom stereocenters. The van der Waals surface area contributed by atoms with E-state index in [-0.39, 0.29) is 17.5 Å². The first-order chi connectivity index (χ1) is 15.9. The number of amides is 1. The normalized spacial score (nSPS) is 11.8. The number of benzene rings is 2. The molecule has 1 aromatic heterocycles. The molecule has 0 radical (unpaired) electrons. The van der Waals surface area contributed by atoms with Crippen molar-refractivity contribution >= 4 is 40.4 Å². The molecule has 0 bridgehead atoms. The third-order valence-corrected chi connectivity index (χ3v) is 6.44. The number of aromatic carboxylic acids is 1. The lowest BCUT2D eigenvalue weighted by Crippen LogP contribution is -2.38. The highest BCUT2D eigenvalue weighted by Gasteiger charge is 2.18. The fraction of sp³-hybridized carbons (Fsp3) is 0.320. The lowest BCUT2D eigenvalue weighted by atomic mass is 10.1. The average molecular weight is 530 g/mol. The molecule has 0 aliphatic heterocycles. The maximum Gasteiger partial charge on any atom is 0.336 e. The number of halogens is 1. The minimum Gasteiger partial charge on any atom is -0.478 e. The summed E-state index contributed by atoms with van der Waals surface area (Å²) in [4.78, 5) is 28.9. The highest BCUT2D eigenvalue weighted by molar-refractivity contribution is 9.10. The summed E-state index contributed by atoms with van der Waals surface area (Å²) < 4.78 is 2.50. The SMILES string of the molecule is CCCCc1nc(C(=O)NC(CS)Cc2ccccc2)cn1Cc1ccc(C(=O)O)c(Br)c1. The number of carboxylic acids is 1. The van der Waals surface area contributed by atoms with E-state index < -0.39 is 5.97 Å². The molecule has 8 heteroatoms. The molecule has 1 amide bonds. The number of aryl methyl sites for hydroxylation is 1. The summed E-state index contributed by atoms with van der Waals surface area (Å²) in [5.74, 6) is 0.163. The molecule has 0 aliphatic rings. The van der Waals surface area contributed by atoms with Crippen molar-refractivity contribution in [2.75, 3.05) is 5.75 Å². The van der Waals surface area contributed by atoms with Crippen LogP contribution in [0.1, 0.15) is 57.6 Å². The molecule has 1 atom stereocenters. The van der Waals surface area contributed by atoms with Gasteiger partial charge in [-0.2, -0.15) is 12.6 Å².